The Labute approximate surface area is 168 Å². The van der Waals surface area contributed by atoms with Gasteiger partial charge in [-0.05, 0) is 38.1 Å². The SMILES string of the molecule is CC(C)[N+]1=C(Nc2ccc([N+](=O)[O-])cc2)OCC1NC(=O)c1ccccc1.[Cl-]. The van der Waals surface area contributed by atoms with Crippen molar-refractivity contribution in [3.63, 3.8) is 0 Å². The molecule has 1 aliphatic heterocycles. The molecule has 1 atom stereocenters. The van der Waals surface area contributed by atoms with E-state index in [0.29, 0.717) is 23.9 Å². The topological polar surface area (TPSA) is 96.5 Å². The van der Waals surface area contributed by atoms with E-state index in [9.17, 15) is 14.9 Å². The van der Waals surface area contributed by atoms with E-state index in [1.165, 1.54) is 12.1 Å². The van der Waals surface area contributed by atoms with Gasteiger partial charge in [-0.25, -0.2) is 9.89 Å². The van der Waals surface area contributed by atoms with Crippen LogP contribution in [0.25, 0.3) is 0 Å². The maximum absolute atomic E-state index is 12.4. The zero-order chi connectivity index (χ0) is 19.4. The van der Waals surface area contributed by atoms with Gasteiger partial charge in [0.1, 0.15) is 5.69 Å². The summed E-state index contributed by atoms with van der Waals surface area (Å²) in [6.07, 6.45) is -0.321. The van der Waals surface area contributed by atoms with Gasteiger partial charge in [0, 0.05) is 17.7 Å². The monoisotopic (exact) mass is 404 g/mol. The number of nitrogens with zero attached hydrogens (tertiary/aromatic N) is 2. The summed E-state index contributed by atoms with van der Waals surface area (Å²) in [6.45, 7) is 4.29. The maximum atomic E-state index is 12.4. The third kappa shape index (κ3) is 4.77. The quantitative estimate of drug-likeness (QED) is 0.400. The molecule has 2 aromatic rings. The molecule has 148 valence electrons. The molecule has 2 N–H and O–H groups in total. The highest BCUT2D eigenvalue weighted by molar-refractivity contribution is 5.94. The molecule has 0 aliphatic carbocycles. The standard InChI is InChI=1S/C19H20N4O4.ClH/c1-13(2)22-17(21-18(24)14-6-4-3-5-7-14)12-27-19(22)20-15-8-10-16(11-9-15)23(25)26;/h3-11,13,17H,12H2,1-2H3,(H,21,24);1H. The predicted molar refractivity (Wildman–Crippen MR) is 101 cm³/mol. The first-order valence-corrected chi connectivity index (χ1v) is 8.61. The number of amidine groups is 1. The molecule has 0 spiro atoms. The highest BCUT2D eigenvalue weighted by atomic mass is 35.5. The summed E-state index contributed by atoms with van der Waals surface area (Å²) in [5.41, 5.74) is 1.26. The number of ether oxygens (including phenoxy) is 1. The summed E-state index contributed by atoms with van der Waals surface area (Å²) >= 11 is 0. The van der Waals surface area contributed by atoms with Crippen molar-refractivity contribution in [3.8, 4) is 0 Å². The average Bonchev–Trinajstić information content (AvgIpc) is 3.05. The fraction of sp³-hybridized carbons (Fsp3) is 0.263. The lowest BCUT2D eigenvalue weighted by Gasteiger charge is -2.16. The normalized spacial score (nSPS) is 15.6. The number of halogens is 1. The number of hydrogen-bond donors (Lipinski definition) is 2. The number of carbonyl (C=O) groups is 1. The van der Waals surface area contributed by atoms with E-state index in [2.05, 4.69) is 10.6 Å². The van der Waals surface area contributed by atoms with Crippen LogP contribution in [0.4, 0.5) is 11.4 Å². The van der Waals surface area contributed by atoms with Gasteiger partial charge in [0.05, 0.1) is 11.0 Å². The molecule has 1 aliphatic rings. The summed E-state index contributed by atoms with van der Waals surface area (Å²) in [6, 6.07) is 15.6. The van der Waals surface area contributed by atoms with Crippen molar-refractivity contribution in [2.75, 3.05) is 11.9 Å². The van der Waals surface area contributed by atoms with Gasteiger partial charge < -0.3 is 22.5 Å². The summed E-state index contributed by atoms with van der Waals surface area (Å²) in [5, 5.41) is 16.9. The van der Waals surface area contributed by atoms with Gasteiger partial charge in [0.15, 0.2) is 6.61 Å². The average molecular weight is 405 g/mol. The maximum Gasteiger partial charge on any atom is 0.451 e. The number of carbonyl (C=O) groups excluding carboxylic acids is 1. The van der Waals surface area contributed by atoms with Crippen LogP contribution in [-0.4, -0.2) is 40.2 Å². The second-order valence-corrected chi connectivity index (χ2v) is 6.40. The van der Waals surface area contributed by atoms with Crippen LogP contribution in [0.5, 0.6) is 0 Å². The molecule has 28 heavy (non-hydrogen) atoms. The van der Waals surface area contributed by atoms with E-state index in [4.69, 9.17) is 4.74 Å². The van der Waals surface area contributed by atoms with Crippen molar-refractivity contribution in [3.05, 3.63) is 70.3 Å². The van der Waals surface area contributed by atoms with Crippen LogP contribution in [0.1, 0.15) is 24.2 Å². The van der Waals surface area contributed by atoms with E-state index < -0.39 is 4.92 Å². The molecule has 9 heteroatoms. The van der Waals surface area contributed by atoms with Gasteiger partial charge in [-0.2, -0.15) is 0 Å². The Morgan fingerprint density at radius 1 is 1.18 bits per heavy atom. The van der Waals surface area contributed by atoms with E-state index in [1.54, 1.807) is 24.3 Å². The van der Waals surface area contributed by atoms with Gasteiger partial charge in [0.25, 0.3) is 11.6 Å². The molecular formula is C19H21ClN4O4. The second kappa shape index (κ2) is 9.18. The smallest absolute Gasteiger partial charge is 0.451 e. The van der Waals surface area contributed by atoms with Gasteiger partial charge >= 0.3 is 6.02 Å². The molecule has 0 fully saturated rings. The number of rotatable bonds is 5. The molecule has 0 bridgehead atoms. The molecule has 2 aromatic carbocycles. The second-order valence-electron chi connectivity index (χ2n) is 6.40. The van der Waals surface area contributed by atoms with Crippen LogP contribution in [-0.2, 0) is 4.74 Å². The van der Waals surface area contributed by atoms with Crippen LogP contribution >= 0.6 is 0 Å². The molecule has 0 saturated carbocycles. The predicted octanol–water partition coefficient (Wildman–Crippen LogP) is -0.426. The first kappa shape index (κ1) is 21.2. The number of nitro benzene ring substituents is 1. The van der Waals surface area contributed by atoms with Gasteiger partial charge in [-0.3, -0.25) is 14.9 Å². The van der Waals surface area contributed by atoms with Gasteiger partial charge in [0.2, 0.25) is 6.17 Å². The minimum absolute atomic E-state index is 0. The van der Waals surface area contributed by atoms with Gasteiger partial charge in [-0.15, -0.1) is 0 Å². The molecule has 1 heterocycles. The lowest BCUT2D eigenvalue weighted by Crippen LogP contribution is -3.00. The van der Waals surface area contributed by atoms with Crippen LogP contribution < -0.4 is 23.0 Å². The van der Waals surface area contributed by atoms with Gasteiger partial charge in [-0.1, -0.05) is 18.2 Å². The molecule has 1 amide bonds. The fourth-order valence-corrected chi connectivity index (χ4v) is 2.87. The Balaban J connectivity index is 0.00000280. The first-order valence-electron chi connectivity index (χ1n) is 8.61. The van der Waals surface area contributed by atoms with Crippen LogP contribution in [0.3, 0.4) is 0 Å². The number of non-ortho nitro benzene ring substituents is 1. The Morgan fingerprint density at radius 3 is 2.39 bits per heavy atom. The molecular weight excluding hydrogens is 384 g/mol. The van der Waals surface area contributed by atoms with Crippen molar-refractivity contribution in [1.29, 1.82) is 0 Å². The third-order valence-electron chi connectivity index (χ3n) is 4.17. The first-order chi connectivity index (χ1) is 13.0. The van der Waals surface area contributed by atoms with Crippen LogP contribution in [0, 0.1) is 10.1 Å². The van der Waals surface area contributed by atoms with Crippen molar-refractivity contribution in [2.24, 2.45) is 0 Å². The van der Waals surface area contributed by atoms with Crippen LogP contribution in [0.2, 0.25) is 0 Å². The number of hydrogen-bond acceptors (Lipinski definition) is 5. The fourth-order valence-electron chi connectivity index (χ4n) is 2.87. The summed E-state index contributed by atoms with van der Waals surface area (Å²) in [7, 11) is 0. The molecule has 0 radical (unpaired) electrons. The molecule has 8 nitrogen and oxygen atoms in total. The number of nitrogens with one attached hydrogen (secondary N) is 2. The highest BCUT2D eigenvalue weighted by Crippen LogP contribution is 2.17. The Morgan fingerprint density at radius 2 is 1.82 bits per heavy atom. The Bertz CT molecular complexity index is 869. The lowest BCUT2D eigenvalue weighted by molar-refractivity contribution is -0.588. The summed E-state index contributed by atoms with van der Waals surface area (Å²) in [4.78, 5) is 22.8. The van der Waals surface area contributed by atoms with Crippen molar-refractivity contribution in [1.82, 2.24) is 5.32 Å². The van der Waals surface area contributed by atoms with E-state index >= 15 is 0 Å². The minimum atomic E-state index is -0.446. The van der Waals surface area contributed by atoms with E-state index in [0.717, 1.165) is 0 Å². The third-order valence-corrected chi connectivity index (χ3v) is 4.17. The van der Waals surface area contributed by atoms with Crippen molar-refractivity contribution < 1.29 is 31.4 Å². The minimum Gasteiger partial charge on any atom is -1.00 e. The number of anilines is 1. The van der Waals surface area contributed by atoms with Crippen molar-refractivity contribution >= 4 is 23.3 Å². The van der Waals surface area contributed by atoms with Crippen LogP contribution in [0.15, 0.2) is 54.6 Å². The highest BCUT2D eigenvalue weighted by Gasteiger charge is 2.36. The number of benzene rings is 2. The van der Waals surface area contributed by atoms with E-state index in [1.807, 2.05) is 36.6 Å². The molecule has 1 unspecified atom stereocenters. The zero-order valence-corrected chi connectivity index (χ0v) is 16.2. The largest absolute Gasteiger partial charge is 1.00 e. The summed E-state index contributed by atoms with van der Waals surface area (Å²) < 4.78 is 7.67. The Hall–Kier alpha value is -3.13. The molecule has 0 aromatic heterocycles. The number of amides is 1. The molecule has 0 saturated heterocycles. The molecule has 3 rings (SSSR count). The zero-order valence-electron chi connectivity index (χ0n) is 15.5. The lowest BCUT2D eigenvalue weighted by atomic mass is 10.2. The Kier molecular flexibility index (Phi) is 6.94. The van der Waals surface area contributed by atoms with Crippen molar-refractivity contribution in [2.45, 2.75) is 26.1 Å². The summed E-state index contributed by atoms with van der Waals surface area (Å²) in [5.74, 6) is -0.175. The number of nitro groups is 1. The van der Waals surface area contributed by atoms with E-state index in [-0.39, 0.29) is 36.2 Å².